The Labute approximate surface area is 117 Å². The molecule has 0 saturated carbocycles. The fraction of sp³-hybridized carbons (Fsp3) is 0.417. The summed E-state index contributed by atoms with van der Waals surface area (Å²) in [4.78, 5) is 10.4. The number of carbonyl (C=O) groups excluding carboxylic acids is 1. The molecule has 1 rings (SSSR count). The SMILES string of the molecule is CCOC(=O)[C@H](C)O.Cc1ccc(S(=O)(=O)Cl)cc1. The van der Waals surface area contributed by atoms with Crippen LogP contribution in [0.4, 0.5) is 0 Å². The lowest BCUT2D eigenvalue weighted by molar-refractivity contribution is -0.151. The smallest absolute Gasteiger partial charge is 0.334 e. The highest BCUT2D eigenvalue weighted by atomic mass is 35.7. The molecule has 0 aliphatic carbocycles. The summed E-state index contributed by atoms with van der Waals surface area (Å²) in [6.07, 6.45) is -0.991. The zero-order chi connectivity index (χ0) is 15.1. The van der Waals surface area contributed by atoms with Crippen LogP contribution < -0.4 is 0 Å². The van der Waals surface area contributed by atoms with Crippen molar-refractivity contribution in [3.63, 3.8) is 0 Å². The van der Waals surface area contributed by atoms with Crippen LogP contribution in [0, 0.1) is 6.92 Å². The Bertz CT molecular complexity index is 493. The number of aliphatic hydroxyl groups is 1. The third-order valence-corrected chi connectivity index (χ3v) is 3.30. The Morgan fingerprint density at radius 3 is 2.11 bits per heavy atom. The molecule has 108 valence electrons. The second-order valence-corrected chi connectivity index (χ2v) is 6.24. The van der Waals surface area contributed by atoms with E-state index in [0.717, 1.165) is 5.56 Å². The molecule has 1 aromatic carbocycles. The molecule has 1 atom stereocenters. The lowest BCUT2D eigenvalue weighted by Gasteiger charge is -2.01. The van der Waals surface area contributed by atoms with Gasteiger partial charge in [0.25, 0.3) is 9.05 Å². The topological polar surface area (TPSA) is 80.7 Å². The molecule has 0 amide bonds. The molecule has 7 heteroatoms. The highest BCUT2D eigenvalue weighted by Gasteiger charge is 2.07. The minimum Gasteiger partial charge on any atom is -0.464 e. The molecule has 0 aliphatic heterocycles. The highest BCUT2D eigenvalue weighted by Crippen LogP contribution is 2.14. The van der Waals surface area contributed by atoms with Gasteiger partial charge >= 0.3 is 5.97 Å². The van der Waals surface area contributed by atoms with E-state index in [2.05, 4.69) is 4.74 Å². The molecule has 1 N–H and O–H groups in total. The molecule has 5 nitrogen and oxygen atoms in total. The summed E-state index contributed by atoms with van der Waals surface area (Å²) in [6.45, 7) is 5.27. The van der Waals surface area contributed by atoms with E-state index in [9.17, 15) is 13.2 Å². The van der Waals surface area contributed by atoms with Gasteiger partial charge < -0.3 is 9.84 Å². The van der Waals surface area contributed by atoms with Crippen LogP contribution in [0.25, 0.3) is 0 Å². The molecule has 0 aliphatic rings. The van der Waals surface area contributed by atoms with Crippen LogP contribution in [0.2, 0.25) is 0 Å². The van der Waals surface area contributed by atoms with Crippen molar-refractivity contribution in [2.75, 3.05) is 6.61 Å². The average molecular weight is 309 g/mol. The number of ether oxygens (including phenoxy) is 1. The van der Waals surface area contributed by atoms with E-state index in [0.29, 0.717) is 6.61 Å². The molecular weight excluding hydrogens is 292 g/mol. The van der Waals surface area contributed by atoms with Gasteiger partial charge in [0.1, 0.15) is 6.10 Å². The van der Waals surface area contributed by atoms with Gasteiger partial charge in [0.2, 0.25) is 0 Å². The van der Waals surface area contributed by atoms with Crippen molar-refractivity contribution in [2.45, 2.75) is 31.8 Å². The highest BCUT2D eigenvalue weighted by molar-refractivity contribution is 8.13. The van der Waals surface area contributed by atoms with Gasteiger partial charge in [0, 0.05) is 10.7 Å². The van der Waals surface area contributed by atoms with Gasteiger partial charge in [-0.25, -0.2) is 13.2 Å². The molecule has 0 fully saturated rings. The van der Waals surface area contributed by atoms with Crippen LogP contribution in [0.15, 0.2) is 29.2 Å². The molecule has 19 heavy (non-hydrogen) atoms. The van der Waals surface area contributed by atoms with Crippen molar-refractivity contribution in [1.29, 1.82) is 0 Å². The van der Waals surface area contributed by atoms with Crippen LogP contribution in [0.1, 0.15) is 19.4 Å². The summed E-state index contributed by atoms with van der Waals surface area (Å²) in [7, 11) is 1.54. The normalized spacial score (nSPS) is 12.1. The predicted molar refractivity (Wildman–Crippen MR) is 72.5 cm³/mol. The number of rotatable bonds is 3. The first-order valence-corrected chi connectivity index (χ1v) is 7.85. The number of benzene rings is 1. The number of carbonyl (C=O) groups is 1. The Kier molecular flexibility index (Phi) is 7.66. The molecule has 0 spiro atoms. The molecule has 0 bridgehead atoms. The van der Waals surface area contributed by atoms with E-state index < -0.39 is 21.1 Å². The quantitative estimate of drug-likeness (QED) is 0.681. The van der Waals surface area contributed by atoms with Gasteiger partial charge in [-0.2, -0.15) is 0 Å². The fourth-order valence-electron chi connectivity index (χ4n) is 0.964. The Morgan fingerprint density at radius 2 is 1.84 bits per heavy atom. The molecular formula is C12H17ClO5S. The van der Waals surface area contributed by atoms with Crippen molar-refractivity contribution in [1.82, 2.24) is 0 Å². The van der Waals surface area contributed by atoms with E-state index in [1.54, 1.807) is 19.1 Å². The van der Waals surface area contributed by atoms with Crippen LogP contribution in [0.5, 0.6) is 0 Å². The van der Waals surface area contributed by atoms with Gasteiger partial charge in [-0.3, -0.25) is 0 Å². The Balaban J connectivity index is 0.000000362. The molecule has 0 aromatic heterocycles. The zero-order valence-electron chi connectivity index (χ0n) is 11.0. The maximum absolute atomic E-state index is 10.7. The van der Waals surface area contributed by atoms with Crippen LogP contribution >= 0.6 is 10.7 Å². The van der Waals surface area contributed by atoms with Crippen LogP contribution in [-0.4, -0.2) is 32.2 Å². The summed E-state index contributed by atoms with van der Waals surface area (Å²) >= 11 is 0. The maximum atomic E-state index is 10.7. The lowest BCUT2D eigenvalue weighted by atomic mass is 10.2. The first kappa shape index (κ1) is 17.9. The number of aliphatic hydroxyl groups excluding tert-OH is 1. The zero-order valence-corrected chi connectivity index (χ0v) is 12.5. The second kappa shape index (κ2) is 8.14. The molecule has 1 aromatic rings. The minimum atomic E-state index is -3.55. The van der Waals surface area contributed by atoms with Crippen LogP contribution in [0.3, 0.4) is 0 Å². The summed E-state index contributed by atoms with van der Waals surface area (Å²) in [6, 6.07) is 6.37. The third kappa shape index (κ3) is 7.81. The van der Waals surface area contributed by atoms with Crippen molar-refractivity contribution < 1.29 is 23.1 Å². The molecule has 0 saturated heterocycles. The van der Waals surface area contributed by atoms with Gasteiger partial charge in [0.15, 0.2) is 0 Å². The largest absolute Gasteiger partial charge is 0.464 e. The number of aryl methyl sites for hydroxylation is 1. The number of hydrogen-bond acceptors (Lipinski definition) is 5. The number of hydrogen-bond donors (Lipinski definition) is 1. The lowest BCUT2D eigenvalue weighted by Crippen LogP contribution is -2.18. The Hall–Kier alpha value is -1.11. The van der Waals surface area contributed by atoms with E-state index in [4.69, 9.17) is 15.8 Å². The maximum Gasteiger partial charge on any atom is 0.334 e. The molecule has 0 radical (unpaired) electrons. The third-order valence-electron chi connectivity index (χ3n) is 1.93. The first-order valence-electron chi connectivity index (χ1n) is 5.54. The summed E-state index contributed by atoms with van der Waals surface area (Å²) in [5.41, 5.74) is 1.01. The Morgan fingerprint density at radius 1 is 1.37 bits per heavy atom. The molecule has 0 unspecified atom stereocenters. The van der Waals surface area contributed by atoms with Crippen molar-refractivity contribution >= 4 is 25.7 Å². The summed E-state index contributed by atoms with van der Waals surface area (Å²) in [5, 5.41) is 8.48. The fourth-order valence-corrected chi connectivity index (χ4v) is 1.73. The van der Waals surface area contributed by atoms with Crippen molar-refractivity contribution in [2.24, 2.45) is 0 Å². The molecule has 0 heterocycles. The van der Waals surface area contributed by atoms with Crippen molar-refractivity contribution in [3.8, 4) is 0 Å². The van der Waals surface area contributed by atoms with Gasteiger partial charge in [-0.15, -0.1) is 0 Å². The number of halogens is 1. The van der Waals surface area contributed by atoms with E-state index >= 15 is 0 Å². The van der Waals surface area contributed by atoms with E-state index in [-0.39, 0.29) is 4.90 Å². The number of esters is 1. The van der Waals surface area contributed by atoms with E-state index in [1.807, 2.05) is 6.92 Å². The summed E-state index contributed by atoms with van der Waals surface area (Å²) in [5.74, 6) is -0.562. The van der Waals surface area contributed by atoms with Gasteiger partial charge in [-0.05, 0) is 32.9 Å². The van der Waals surface area contributed by atoms with Gasteiger partial charge in [0.05, 0.1) is 11.5 Å². The second-order valence-electron chi connectivity index (χ2n) is 3.68. The average Bonchev–Trinajstić information content (AvgIpc) is 2.29. The predicted octanol–water partition coefficient (Wildman–Crippen LogP) is 1.85. The van der Waals surface area contributed by atoms with Crippen LogP contribution in [-0.2, 0) is 18.6 Å². The summed E-state index contributed by atoms with van der Waals surface area (Å²) < 4.78 is 25.8. The van der Waals surface area contributed by atoms with Crippen molar-refractivity contribution in [3.05, 3.63) is 29.8 Å². The standard InChI is InChI=1S/C7H7ClO2S.C5H10O3/c1-6-2-4-7(5-3-6)11(8,9)10;1-3-8-5(7)4(2)6/h2-5H,1H3;4,6H,3H2,1-2H3/t;4-/m.0/s1. The monoisotopic (exact) mass is 308 g/mol. The van der Waals surface area contributed by atoms with E-state index in [1.165, 1.54) is 19.1 Å². The first-order chi connectivity index (χ1) is 8.68. The van der Waals surface area contributed by atoms with Gasteiger partial charge in [-0.1, -0.05) is 17.7 Å². The minimum absolute atomic E-state index is 0.143.